The average Bonchev–Trinajstić information content (AvgIpc) is 3.05. The third kappa shape index (κ3) is 2.16. The molecule has 0 aliphatic rings. The molecule has 3 aromatic heterocycles. The SMILES string of the molecule is CCc1c(C)sc2ncn(CCc3cnc[nH]3)c(=O)c12. The quantitative estimate of drug-likeness (QED) is 0.801. The fourth-order valence-electron chi connectivity index (χ4n) is 2.44. The van der Waals surface area contributed by atoms with E-state index in [0.29, 0.717) is 6.54 Å². The summed E-state index contributed by atoms with van der Waals surface area (Å²) >= 11 is 1.60. The summed E-state index contributed by atoms with van der Waals surface area (Å²) < 4.78 is 1.69. The van der Waals surface area contributed by atoms with Gasteiger partial charge in [-0.05, 0) is 18.9 Å². The lowest BCUT2D eigenvalue weighted by Gasteiger charge is -2.04. The molecule has 104 valence electrons. The average molecular weight is 288 g/mol. The summed E-state index contributed by atoms with van der Waals surface area (Å²) in [5.41, 5.74) is 2.23. The van der Waals surface area contributed by atoms with Crippen molar-refractivity contribution in [2.24, 2.45) is 0 Å². The minimum Gasteiger partial charge on any atom is -0.348 e. The molecule has 0 saturated carbocycles. The molecule has 0 spiro atoms. The molecule has 0 radical (unpaired) electrons. The first-order chi connectivity index (χ1) is 9.70. The number of hydrogen-bond acceptors (Lipinski definition) is 4. The molecule has 0 fully saturated rings. The molecule has 0 unspecified atom stereocenters. The van der Waals surface area contributed by atoms with E-state index in [1.165, 1.54) is 4.88 Å². The highest BCUT2D eigenvalue weighted by Gasteiger charge is 2.13. The maximum absolute atomic E-state index is 12.6. The van der Waals surface area contributed by atoms with E-state index >= 15 is 0 Å². The molecule has 0 amide bonds. The highest BCUT2D eigenvalue weighted by atomic mass is 32.1. The molecule has 3 rings (SSSR count). The fourth-order valence-corrected chi connectivity index (χ4v) is 3.51. The molecule has 20 heavy (non-hydrogen) atoms. The van der Waals surface area contributed by atoms with Gasteiger partial charge >= 0.3 is 0 Å². The third-order valence-electron chi connectivity index (χ3n) is 3.51. The molecule has 6 heteroatoms. The van der Waals surface area contributed by atoms with E-state index in [9.17, 15) is 4.79 Å². The van der Waals surface area contributed by atoms with Gasteiger partial charge in [-0.2, -0.15) is 0 Å². The van der Waals surface area contributed by atoms with Gasteiger partial charge in [-0.3, -0.25) is 9.36 Å². The fraction of sp³-hybridized carbons (Fsp3) is 0.357. The molecular formula is C14H16N4OS. The maximum Gasteiger partial charge on any atom is 0.262 e. The van der Waals surface area contributed by atoms with Gasteiger partial charge in [0.1, 0.15) is 4.83 Å². The lowest BCUT2D eigenvalue weighted by atomic mass is 10.1. The largest absolute Gasteiger partial charge is 0.348 e. The van der Waals surface area contributed by atoms with E-state index < -0.39 is 0 Å². The number of aryl methyl sites for hydroxylation is 4. The molecule has 0 aliphatic carbocycles. The summed E-state index contributed by atoms with van der Waals surface area (Å²) in [4.78, 5) is 26.1. The number of nitrogens with zero attached hydrogens (tertiary/aromatic N) is 3. The van der Waals surface area contributed by atoms with Crippen molar-refractivity contribution < 1.29 is 0 Å². The molecule has 0 aromatic carbocycles. The van der Waals surface area contributed by atoms with E-state index in [4.69, 9.17) is 0 Å². The van der Waals surface area contributed by atoms with Crippen molar-refractivity contribution in [3.8, 4) is 0 Å². The van der Waals surface area contributed by atoms with E-state index in [2.05, 4.69) is 28.8 Å². The molecule has 0 atom stereocenters. The second-order valence-electron chi connectivity index (χ2n) is 4.74. The number of thiophene rings is 1. The third-order valence-corrected chi connectivity index (χ3v) is 4.57. The Morgan fingerprint density at radius 2 is 2.30 bits per heavy atom. The van der Waals surface area contributed by atoms with Gasteiger partial charge in [-0.15, -0.1) is 11.3 Å². The highest BCUT2D eigenvalue weighted by molar-refractivity contribution is 7.18. The van der Waals surface area contributed by atoms with Crippen LogP contribution >= 0.6 is 11.3 Å². The predicted molar refractivity (Wildman–Crippen MR) is 80.3 cm³/mol. The van der Waals surface area contributed by atoms with Crippen molar-refractivity contribution in [1.82, 2.24) is 19.5 Å². The molecule has 5 nitrogen and oxygen atoms in total. The number of aromatic nitrogens is 4. The number of hydrogen-bond donors (Lipinski definition) is 1. The number of nitrogens with one attached hydrogen (secondary N) is 1. The normalized spacial score (nSPS) is 11.3. The van der Waals surface area contributed by atoms with Crippen molar-refractivity contribution in [1.29, 1.82) is 0 Å². The van der Waals surface area contributed by atoms with Crippen molar-refractivity contribution in [2.75, 3.05) is 0 Å². The van der Waals surface area contributed by atoms with Gasteiger partial charge in [-0.25, -0.2) is 9.97 Å². The summed E-state index contributed by atoms with van der Waals surface area (Å²) in [6.45, 7) is 4.75. The van der Waals surface area contributed by atoms with Crippen molar-refractivity contribution in [3.63, 3.8) is 0 Å². The summed E-state index contributed by atoms with van der Waals surface area (Å²) in [6, 6.07) is 0. The lowest BCUT2D eigenvalue weighted by Crippen LogP contribution is -2.21. The van der Waals surface area contributed by atoms with E-state index in [-0.39, 0.29) is 5.56 Å². The lowest BCUT2D eigenvalue weighted by molar-refractivity contribution is 0.656. The summed E-state index contributed by atoms with van der Waals surface area (Å²) in [5.74, 6) is 0. The van der Waals surface area contributed by atoms with Gasteiger partial charge in [0.2, 0.25) is 0 Å². The van der Waals surface area contributed by atoms with Crippen LogP contribution < -0.4 is 5.56 Å². The molecule has 0 aliphatic heterocycles. The summed E-state index contributed by atoms with van der Waals surface area (Å²) in [6.07, 6.45) is 6.70. The minimum absolute atomic E-state index is 0.0655. The first-order valence-electron chi connectivity index (χ1n) is 6.65. The van der Waals surface area contributed by atoms with E-state index in [1.54, 1.807) is 34.8 Å². The predicted octanol–water partition coefficient (Wildman–Crippen LogP) is 2.29. The topological polar surface area (TPSA) is 63.6 Å². The Hall–Kier alpha value is -1.95. The Balaban J connectivity index is 2.00. The van der Waals surface area contributed by atoms with Crippen LogP contribution in [-0.4, -0.2) is 19.5 Å². The Labute approximate surface area is 120 Å². The van der Waals surface area contributed by atoms with Crippen LogP contribution in [0.2, 0.25) is 0 Å². The summed E-state index contributed by atoms with van der Waals surface area (Å²) in [7, 11) is 0. The van der Waals surface area contributed by atoms with Crippen molar-refractivity contribution >= 4 is 21.6 Å². The first kappa shape index (κ1) is 13.1. The zero-order chi connectivity index (χ0) is 14.1. The van der Waals surface area contributed by atoms with Gasteiger partial charge < -0.3 is 4.98 Å². The Morgan fingerprint density at radius 1 is 1.45 bits per heavy atom. The summed E-state index contributed by atoms with van der Waals surface area (Å²) in [5, 5.41) is 0.794. The van der Waals surface area contributed by atoms with Crippen LogP contribution in [0.5, 0.6) is 0 Å². The van der Waals surface area contributed by atoms with Gasteiger partial charge in [0.25, 0.3) is 5.56 Å². The van der Waals surface area contributed by atoms with Crippen molar-refractivity contribution in [2.45, 2.75) is 33.2 Å². The Bertz CT molecular complexity index is 785. The smallest absolute Gasteiger partial charge is 0.262 e. The van der Waals surface area contributed by atoms with Crippen LogP contribution in [0, 0.1) is 6.92 Å². The van der Waals surface area contributed by atoms with Crippen LogP contribution in [0.4, 0.5) is 0 Å². The van der Waals surface area contributed by atoms with Crippen LogP contribution in [0.25, 0.3) is 10.2 Å². The zero-order valence-corrected chi connectivity index (χ0v) is 12.3. The number of aromatic amines is 1. The van der Waals surface area contributed by atoms with Gasteiger partial charge in [0, 0.05) is 29.7 Å². The van der Waals surface area contributed by atoms with Crippen LogP contribution in [0.3, 0.4) is 0 Å². The van der Waals surface area contributed by atoms with Crippen LogP contribution in [-0.2, 0) is 19.4 Å². The van der Waals surface area contributed by atoms with Gasteiger partial charge in [0.15, 0.2) is 0 Å². The van der Waals surface area contributed by atoms with Crippen molar-refractivity contribution in [3.05, 3.63) is 45.3 Å². The number of imidazole rings is 1. The molecule has 0 bridgehead atoms. The maximum atomic E-state index is 12.6. The highest BCUT2D eigenvalue weighted by Crippen LogP contribution is 2.26. The number of H-pyrrole nitrogens is 1. The van der Waals surface area contributed by atoms with E-state index in [1.807, 2.05) is 0 Å². The van der Waals surface area contributed by atoms with Gasteiger partial charge in [0.05, 0.1) is 18.0 Å². The first-order valence-corrected chi connectivity index (χ1v) is 7.47. The minimum atomic E-state index is 0.0655. The van der Waals surface area contributed by atoms with Crippen LogP contribution in [0.1, 0.15) is 23.1 Å². The molecule has 1 N–H and O–H groups in total. The standard InChI is InChI=1S/C14H16N4OS/c1-3-11-9(2)20-13-12(11)14(19)18(8-17-13)5-4-10-6-15-7-16-10/h6-8H,3-5H2,1-2H3,(H,15,16). The molecule has 3 aromatic rings. The second-order valence-corrected chi connectivity index (χ2v) is 5.94. The Kier molecular flexibility index (Phi) is 3.40. The monoisotopic (exact) mass is 288 g/mol. The molecular weight excluding hydrogens is 272 g/mol. The number of rotatable bonds is 4. The zero-order valence-electron chi connectivity index (χ0n) is 11.5. The van der Waals surface area contributed by atoms with Crippen LogP contribution in [0.15, 0.2) is 23.6 Å². The van der Waals surface area contributed by atoms with Gasteiger partial charge in [-0.1, -0.05) is 6.92 Å². The number of fused-ring (bicyclic) bond motifs is 1. The molecule has 3 heterocycles. The Morgan fingerprint density at radius 3 is 3.00 bits per heavy atom. The molecule has 0 saturated heterocycles. The van der Waals surface area contributed by atoms with E-state index in [0.717, 1.165) is 34.3 Å². The second kappa shape index (κ2) is 5.20.